The summed E-state index contributed by atoms with van der Waals surface area (Å²) in [4.78, 5) is 15.4. The standard InChI is InChI=1S/C24H30N2O4S/c1-18-5-3-4-16-26(18)31(28,29)23-14-8-20(9-15-23)24(27)25(21-10-11-21)17-19-6-12-22(30-2)13-7-19/h6-9,12-15,18,21H,3-5,10-11,16-17H2,1-2H3. The maximum absolute atomic E-state index is 13.2. The third-order valence-electron chi connectivity index (χ3n) is 6.21. The summed E-state index contributed by atoms with van der Waals surface area (Å²) in [5.41, 5.74) is 1.56. The highest BCUT2D eigenvalue weighted by Gasteiger charge is 2.34. The van der Waals surface area contributed by atoms with E-state index in [9.17, 15) is 13.2 Å². The van der Waals surface area contributed by atoms with Crippen LogP contribution in [-0.4, -0.2) is 49.3 Å². The van der Waals surface area contributed by atoms with Crippen molar-refractivity contribution in [1.82, 2.24) is 9.21 Å². The summed E-state index contributed by atoms with van der Waals surface area (Å²) < 4.78 is 32.9. The molecule has 2 aromatic rings. The zero-order valence-corrected chi connectivity index (χ0v) is 19.0. The molecule has 0 radical (unpaired) electrons. The van der Waals surface area contributed by atoms with Gasteiger partial charge in [-0.25, -0.2) is 8.42 Å². The van der Waals surface area contributed by atoms with E-state index in [1.54, 1.807) is 35.7 Å². The largest absolute Gasteiger partial charge is 0.497 e. The van der Waals surface area contributed by atoms with Crippen LogP contribution in [0.3, 0.4) is 0 Å². The van der Waals surface area contributed by atoms with Gasteiger partial charge in [-0.15, -0.1) is 0 Å². The van der Waals surface area contributed by atoms with Crippen LogP contribution in [0.25, 0.3) is 0 Å². The lowest BCUT2D eigenvalue weighted by Crippen LogP contribution is -2.41. The van der Waals surface area contributed by atoms with E-state index < -0.39 is 10.0 Å². The van der Waals surface area contributed by atoms with E-state index in [1.807, 2.05) is 36.1 Å². The summed E-state index contributed by atoms with van der Waals surface area (Å²) in [5, 5.41) is 0. The number of hydrogen-bond donors (Lipinski definition) is 0. The fraction of sp³-hybridized carbons (Fsp3) is 0.458. The van der Waals surface area contributed by atoms with Gasteiger partial charge in [0.2, 0.25) is 10.0 Å². The van der Waals surface area contributed by atoms with Crippen molar-refractivity contribution in [2.75, 3.05) is 13.7 Å². The Morgan fingerprint density at radius 2 is 1.71 bits per heavy atom. The fourth-order valence-electron chi connectivity index (χ4n) is 4.18. The van der Waals surface area contributed by atoms with Crippen molar-refractivity contribution in [2.24, 2.45) is 0 Å². The quantitative estimate of drug-likeness (QED) is 0.649. The second-order valence-corrected chi connectivity index (χ2v) is 10.4. The van der Waals surface area contributed by atoms with Gasteiger partial charge >= 0.3 is 0 Å². The molecule has 6 nitrogen and oxygen atoms in total. The Balaban J connectivity index is 1.50. The smallest absolute Gasteiger partial charge is 0.254 e. The highest BCUT2D eigenvalue weighted by Crippen LogP contribution is 2.31. The molecule has 0 N–H and O–H groups in total. The number of ether oxygens (including phenoxy) is 1. The molecule has 1 aliphatic carbocycles. The number of sulfonamides is 1. The van der Waals surface area contributed by atoms with Crippen molar-refractivity contribution in [2.45, 2.75) is 62.6 Å². The Morgan fingerprint density at radius 1 is 1.03 bits per heavy atom. The maximum atomic E-state index is 13.2. The van der Waals surface area contributed by atoms with Gasteiger partial charge in [0.15, 0.2) is 0 Å². The molecular weight excluding hydrogens is 412 g/mol. The van der Waals surface area contributed by atoms with Crippen LogP contribution in [0.1, 0.15) is 54.9 Å². The molecule has 1 amide bonds. The Kier molecular flexibility index (Phi) is 6.34. The molecule has 0 bridgehead atoms. The highest BCUT2D eigenvalue weighted by molar-refractivity contribution is 7.89. The Hall–Kier alpha value is -2.38. The van der Waals surface area contributed by atoms with Crippen molar-refractivity contribution < 1.29 is 17.9 Å². The van der Waals surface area contributed by atoms with Gasteiger partial charge in [0.1, 0.15) is 5.75 Å². The second kappa shape index (κ2) is 9.01. The van der Waals surface area contributed by atoms with Gasteiger partial charge in [-0.1, -0.05) is 18.6 Å². The molecule has 7 heteroatoms. The number of rotatable bonds is 7. The zero-order valence-electron chi connectivity index (χ0n) is 18.2. The first-order valence-electron chi connectivity index (χ1n) is 11.0. The Bertz CT molecular complexity index is 1010. The minimum absolute atomic E-state index is 0.00918. The number of methoxy groups -OCH3 is 1. The summed E-state index contributed by atoms with van der Waals surface area (Å²) in [6.07, 6.45) is 4.84. The summed E-state index contributed by atoms with van der Waals surface area (Å²) >= 11 is 0. The average molecular weight is 443 g/mol. The van der Waals surface area contributed by atoms with Gasteiger partial charge in [0.05, 0.1) is 12.0 Å². The van der Waals surface area contributed by atoms with Crippen molar-refractivity contribution in [3.05, 3.63) is 59.7 Å². The van der Waals surface area contributed by atoms with Gasteiger partial charge < -0.3 is 9.64 Å². The molecule has 166 valence electrons. The van der Waals surface area contributed by atoms with Gasteiger partial charge in [-0.2, -0.15) is 4.31 Å². The molecular formula is C24H30N2O4S. The van der Waals surface area contributed by atoms with Crippen LogP contribution in [0.2, 0.25) is 0 Å². The maximum Gasteiger partial charge on any atom is 0.254 e. The topological polar surface area (TPSA) is 66.9 Å². The molecule has 2 aliphatic rings. The number of carbonyl (C=O) groups is 1. The molecule has 1 unspecified atom stereocenters. The fourth-order valence-corrected chi connectivity index (χ4v) is 5.88. The lowest BCUT2D eigenvalue weighted by molar-refractivity contribution is 0.0730. The third kappa shape index (κ3) is 4.77. The van der Waals surface area contributed by atoms with E-state index >= 15 is 0 Å². The lowest BCUT2D eigenvalue weighted by Gasteiger charge is -2.32. The third-order valence-corrected chi connectivity index (χ3v) is 8.24. The van der Waals surface area contributed by atoms with Crippen LogP contribution in [0.5, 0.6) is 5.75 Å². The van der Waals surface area contributed by atoms with Gasteiger partial charge in [0.25, 0.3) is 5.91 Å². The lowest BCUT2D eigenvalue weighted by atomic mass is 10.1. The normalized spacial score (nSPS) is 19.7. The summed E-state index contributed by atoms with van der Waals surface area (Å²) in [5.74, 6) is 0.724. The van der Waals surface area contributed by atoms with Crippen molar-refractivity contribution in [3.8, 4) is 5.75 Å². The number of hydrogen-bond acceptors (Lipinski definition) is 4. The molecule has 2 aromatic carbocycles. The first kappa shape index (κ1) is 21.8. The summed E-state index contributed by atoms with van der Waals surface area (Å²) in [6, 6.07) is 14.4. The van der Waals surface area contributed by atoms with Gasteiger partial charge in [-0.05, 0) is 74.6 Å². The van der Waals surface area contributed by atoms with E-state index in [-0.39, 0.29) is 22.9 Å². The number of amides is 1. The zero-order chi connectivity index (χ0) is 22.0. The molecule has 0 spiro atoms. The number of carbonyl (C=O) groups excluding carboxylic acids is 1. The molecule has 2 fully saturated rings. The van der Waals surface area contributed by atoms with Crippen LogP contribution in [0.4, 0.5) is 0 Å². The minimum atomic E-state index is -3.54. The molecule has 4 rings (SSSR count). The number of nitrogens with zero attached hydrogens (tertiary/aromatic N) is 2. The monoisotopic (exact) mass is 442 g/mol. The van der Waals surface area contributed by atoms with Gasteiger partial charge in [-0.3, -0.25) is 4.79 Å². The predicted octanol–water partition coefficient (Wildman–Crippen LogP) is 4.06. The molecule has 1 aliphatic heterocycles. The summed E-state index contributed by atoms with van der Waals surface area (Å²) in [7, 11) is -1.91. The molecule has 1 saturated carbocycles. The van der Waals surface area contributed by atoms with Crippen LogP contribution < -0.4 is 4.74 Å². The van der Waals surface area contributed by atoms with Crippen LogP contribution in [0.15, 0.2) is 53.4 Å². The molecule has 1 atom stereocenters. The SMILES string of the molecule is COc1ccc(CN(C(=O)c2ccc(S(=O)(=O)N3CCCCC3C)cc2)C2CC2)cc1. The van der Waals surface area contributed by atoms with E-state index in [0.29, 0.717) is 18.7 Å². The Labute approximate surface area is 184 Å². The van der Waals surface area contributed by atoms with Gasteiger partial charge in [0, 0.05) is 30.7 Å². The molecule has 1 saturated heterocycles. The second-order valence-electron chi connectivity index (χ2n) is 8.50. The van der Waals surface area contributed by atoms with Crippen LogP contribution >= 0.6 is 0 Å². The van der Waals surface area contributed by atoms with Crippen molar-refractivity contribution >= 4 is 15.9 Å². The number of benzene rings is 2. The van der Waals surface area contributed by atoms with E-state index in [2.05, 4.69) is 0 Å². The predicted molar refractivity (Wildman–Crippen MR) is 120 cm³/mol. The number of piperidine rings is 1. The first-order chi connectivity index (χ1) is 14.9. The summed E-state index contributed by atoms with van der Waals surface area (Å²) in [6.45, 7) is 3.04. The Morgan fingerprint density at radius 3 is 2.29 bits per heavy atom. The highest BCUT2D eigenvalue weighted by atomic mass is 32.2. The molecule has 1 heterocycles. The van der Waals surface area contributed by atoms with E-state index in [4.69, 9.17) is 4.74 Å². The molecule has 0 aromatic heterocycles. The van der Waals surface area contributed by atoms with Crippen LogP contribution in [0, 0.1) is 0 Å². The van der Waals surface area contributed by atoms with E-state index in [0.717, 1.165) is 43.4 Å². The van der Waals surface area contributed by atoms with Crippen molar-refractivity contribution in [1.29, 1.82) is 0 Å². The van der Waals surface area contributed by atoms with Crippen LogP contribution in [-0.2, 0) is 16.6 Å². The average Bonchev–Trinajstić information content (AvgIpc) is 3.63. The minimum Gasteiger partial charge on any atom is -0.497 e. The van der Waals surface area contributed by atoms with E-state index in [1.165, 1.54) is 0 Å². The first-order valence-corrected chi connectivity index (χ1v) is 12.4. The van der Waals surface area contributed by atoms with Crippen molar-refractivity contribution in [3.63, 3.8) is 0 Å². The molecule has 31 heavy (non-hydrogen) atoms.